The molecule has 1 amide bonds. The first kappa shape index (κ1) is 26.3. The molecule has 2 heterocycles. The van der Waals surface area contributed by atoms with Crippen molar-refractivity contribution in [3.63, 3.8) is 0 Å². The molecule has 1 aromatic rings. The van der Waals surface area contributed by atoms with E-state index in [1.165, 1.54) is 25.8 Å². The molecule has 2 fully saturated rings. The average Bonchev–Trinajstić information content (AvgIpc) is 2.88. The van der Waals surface area contributed by atoms with E-state index in [1.807, 2.05) is 24.1 Å². The summed E-state index contributed by atoms with van der Waals surface area (Å²) in [4.78, 5) is 41.8. The van der Waals surface area contributed by atoms with Crippen molar-refractivity contribution in [2.75, 3.05) is 64.8 Å². The topological polar surface area (TPSA) is 85.0 Å². The van der Waals surface area contributed by atoms with Gasteiger partial charge >= 0.3 is 0 Å². The van der Waals surface area contributed by atoms with Crippen LogP contribution in [-0.4, -0.2) is 94.2 Å². The number of benzene rings is 1. The molecule has 3 rings (SSSR count). The smallest absolute Gasteiger partial charge is 0.219 e. The van der Waals surface area contributed by atoms with Gasteiger partial charge in [-0.2, -0.15) is 0 Å². The van der Waals surface area contributed by atoms with Gasteiger partial charge in [0.1, 0.15) is 12.6 Å². The van der Waals surface area contributed by atoms with Crippen molar-refractivity contribution in [2.45, 2.75) is 44.7 Å². The zero-order chi connectivity index (χ0) is 24.3. The molecule has 2 aliphatic heterocycles. The van der Waals surface area contributed by atoms with Gasteiger partial charge in [-0.05, 0) is 76.0 Å². The minimum atomic E-state index is -0.366. The van der Waals surface area contributed by atoms with Gasteiger partial charge in [-0.15, -0.1) is 0 Å². The lowest BCUT2D eigenvalue weighted by Crippen LogP contribution is -2.47. The van der Waals surface area contributed by atoms with Crippen LogP contribution in [0.4, 0.5) is 5.69 Å². The second-order valence-electron chi connectivity index (χ2n) is 9.64. The van der Waals surface area contributed by atoms with E-state index in [-0.39, 0.29) is 11.9 Å². The van der Waals surface area contributed by atoms with Crippen molar-refractivity contribution in [2.24, 2.45) is 5.92 Å². The highest BCUT2D eigenvalue weighted by molar-refractivity contribution is 5.80. The van der Waals surface area contributed by atoms with E-state index >= 15 is 0 Å². The number of anilines is 1. The number of aldehydes is 2. The first-order valence-electron chi connectivity index (χ1n) is 12.7. The van der Waals surface area contributed by atoms with Crippen LogP contribution in [0, 0.1) is 5.92 Å². The number of carbonyl (C=O) groups is 3. The molecule has 2 aliphatic rings. The van der Waals surface area contributed by atoms with E-state index in [0.29, 0.717) is 24.9 Å². The van der Waals surface area contributed by atoms with Gasteiger partial charge in [0, 0.05) is 57.4 Å². The van der Waals surface area contributed by atoms with Gasteiger partial charge in [0.15, 0.2) is 0 Å². The van der Waals surface area contributed by atoms with Gasteiger partial charge < -0.3 is 20.3 Å². The van der Waals surface area contributed by atoms with E-state index in [9.17, 15) is 14.4 Å². The summed E-state index contributed by atoms with van der Waals surface area (Å²) in [7, 11) is 3.45. The molecular weight excluding hydrogens is 430 g/mol. The molecule has 8 nitrogen and oxygen atoms in total. The third-order valence-corrected chi connectivity index (χ3v) is 7.40. The Kier molecular flexibility index (Phi) is 10.5. The van der Waals surface area contributed by atoms with Crippen LogP contribution in [0.1, 0.15) is 48.0 Å². The van der Waals surface area contributed by atoms with Crippen molar-refractivity contribution in [1.29, 1.82) is 0 Å². The maximum absolute atomic E-state index is 11.9. The SMILES string of the molecule is CNC(=O)CCC(C=O)N(C)Cc1ccc(N2CCN(CCC3CCNCC3)CC2)cc1C=O. The molecule has 2 N–H and O–H groups in total. The third-order valence-electron chi connectivity index (χ3n) is 7.40. The van der Waals surface area contributed by atoms with Gasteiger partial charge in [-0.25, -0.2) is 0 Å². The monoisotopic (exact) mass is 471 g/mol. The summed E-state index contributed by atoms with van der Waals surface area (Å²) in [6.07, 6.45) is 6.44. The third kappa shape index (κ3) is 7.61. The molecule has 0 spiro atoms. The second kappa shape index (κ2) is 13.6. The molecule has 2 saturated heterocycles. The number of nitrogens with zero attached hydrogens (tertiary/aromatic N) is 3. The van der Waals surface area contributed by atoms with Gasteiger partial charge in [0.05, 0.1) is 6.04 Å². The Bertz CT molecular complexity index is 804. The molecule has 1 aromatic carbocycles. The lowest BCUT2D eigenvalue weighted by atomic mass is 9.94. The molecule has 188 valence electrons. The predicted molar refractivity (Wildman–Crippen MR) is 135 cm³/mol. The highest BCUT2D eigenvalue weighted by Gasteiger charge is 2.21. The lowest BCUT2D eigenvalue weighted by Gasteiger charge is -2.37. The molecule has 8 heteroatoms. The number of rotatable bonds is 12. The predicted octanol–water partition coefficient (Wildman–Crippen LogP) is 1.54. The standard InChI is InChI=1S/C26H41N5O3/c1-27-26(34)6-5-25(20-33)29(2)18-22-3-4-24(17-23(22)19-32)31-15-13-30(14-16-31)12-9-21-7-10-28-11-8-21/h3-4,17,19-21,25,28H,5-16,18H2,1-2H3,(H,27,34). The molecule has 0 saturated carbocycles. The van der Waals surface area contributed by atoms with Crippen LogP contribution in [0.15, 0.2) is 18.2 Å². The highest BCUT2D eigenvalue weighted by atomic mass is 16.1. The highest BCUT2D eigenvalue weighted by Crippen LogP contribution is 2.23. The van der Waals surface area contributed by atoms with Gasteiger partial charge in [0.25, 0.3) is 0 Å². The fraction of sp³-hybridized carbons (Fsp3) is 0.654. The van der Waals surface area contributed by atoms with E-state index in [0.717, 1.165) is 69.0 Å². The molecular formula is C26H41N5O3. The second-order valence-corrected chi connectivity index (χ2v) is 9.64. The normalized spacial score (nSPS) is 18.6. The number of nitrogens with one attached hydrogen (secondary N) is 2. The average molecular weight is 472 g/mol. The number of carbonyl (C=O) groups excluding carboxylic acids is 3. The first-order valence-corrected chi connectivity index (χ1v) is 12.7. The van der Waals surface area contributed by atoms with Crippen LogP contribution < -0.4 is 15.5 Å². The van der Waals surface area contributed by atoms with Crippen LogP contribution >= 0.6 is 0 Å². The van der Waals surface area contributed by atoms with Crippen molar-refractivity contribution in [3.05, 3.63) is 29.3 Å². The van der Waals surface area contributed by atoms with Crippen LogP contribution in [0.3, 0.4) is 0 Å². The minimum absolute atomic E-state index is 0.0791. The Morgan fingerprint density at radius 1 is 1.21 bits per heavy atom. The number of hydrogen-bond donors (Lipinski definition) is 2. The van der Waals surface area contributed by atoms with Crippen molar-refractivity contribution < 1.29 is 14.4 Å². The van der Waals surface area contributed by atoms with Crippen LogP contribution in [0.25, 0.3) is 0 Å². The Morgan fingerprint density at radius 2 is 1.94 bits per heavy atom. The fourth-order valence-corrected chi connectivity index (χ4v) is 4.98. The van der Waals surface area contributed by atoms with E-state index in [4.69, 9.17) is 0 Å². The molecule has 0 aliphatic carbocycles. The Morgan fingerprint density at radius 3 is 2.59 bits per heavy atom. The van der Waals surface area contributed by atoms with E-state index in [1.54, 1.807) is 7.05 Å². The van der Waals surface area contributed by atoms with Gasteiger partial charge in [-0.1, -0.05) is 6.07 Å². The van der Waals surface area contributed by atoms with Crippen LogP contribution in [0.2, 0.25) is 0 Å². The summed E-state index contributed by atoms with van der Waals surface area (Å²) in [5.74, 6) is 0.785. The van der Waals surface area contributed by atoms with Crippen LogP contribution in [-0.2, 0) is 16.1 Å². The maximum atomic E-state index is 11.9. The molecule has 1 unspecified atom stereocenters. The van der Waals surface area contributed by atoms with Gasteiger partial charge in [-0.3, -0.25) is 19.4 Å². The molecule has 0 radical (unpaired) electrons. The summed E-state index contributed by atoms with van der Waals surface area (Å²) < 4.78 is 0. The quantitative estimate of drug-likeness (QED) is 0.447. The Labute approximate surface area is 204 Å². The number of piperidine rings is 1. The fourth-order valence-electron chi connectivity index (χ4n) is 4.98. The van der Waals surface area contributed by atoms with Crippen molar-refractivity contribution in [3.8, 4) is 0 Å². The zero-order valence-corrected chi connectivity index (χ0v) is 20.8. The number of hydrogen-bond acceptors (Lipinski definition) is 7. The molecule has 0 bridgehead atoms. The molecule has 34 heavy (non-hydrogen) atoms. The summed E-state index contributed by atoms with van der Waals surface area (Å²) in [5, 5.41) is 6.03. The first-order chi connectivity index (χ1) is 16.5. The Hall–Kier alpha value is -2.29. The molecule has 1 atom stereocenters. The van der Waals surface area contributed by atoms with E-state index < -0.39 is 0 Å². The lowest BCUT2D eigenvalue weighted by molar-refractivity contribution is -0.121. The number of amides is 1. The van der Waals surface area contributed by atoms with Gasteiger partial charge in [0.2, 0.25) is 5.91 Å². The number of likely N-dealkylation sites (N-methyl/N-ethyl adjacent to an activating group) is 1. The molecule has 0 aromatic heterocycles. The minimum Gasteiger partial charge on any atom is -0.369 e. The van der Waals surface area contributed by atoms with Crippen molar-refractivity contribution >= 4 is 24.2 Å². The largest absolute Gasteiger partial charge is 0.369 e. The summed E-state index contributed by atoms with van der Waals surface area (Å²) in [5.41, 5.74) is 2.64. The summed E-state index contributed by atoms with van der Waals surface area (Å²) in [6, 6.07) is 5.69. The zero-order valence-electron chi connectivity index (χ0n) is 20.8. The van der Waals surface area contributed by atoms with E-state index in [2.05, 4.69) is 26.5 Å². The maximum Gasteiger partial charge on any atom is 0.219 e. The summed E-state index contributed by atoms with van der Waals surface area (Å²) in [6.45, 7) is 8.03. The van der Waals surface area contributed by atoms with Crippen molar-refractivity contribution in [1.82, 2.24) is 20.4 Å². The Balaban J connectivity index is 1.51. The summed E-state index contributed by atoms with van der Waals surface area (Å²) >= 11 is 0. The van der Waals surface area contributed by atoms with Crippen LogP contribution in [0.5, 0.6) is 0 Å². The number of piperazine rings is 1.